The van der Waals surface area contributed by atoms with E-state index in [4.69, 9.17) is 0 Å². The number of nitrogens with zero attached hydrogens (tertiary/aromatic N) is 1. The number of aromatic nitrogens is 1. The second-order valence-electron chi connectivity index (χ2n) is 4.55. The maximum absolute atomic E-state index is 4.01. The molecule has 0 saturated carbocycles. The van der Waals surface area contributed by atoms with Gasteiger partial charge in [0, 0.05) is 24.6 Å². The van der Waals surface area contributed by atoms with Gasteiger partial charge in [-0.05, 0) is 48.1 Å². The molecule has 17 heavy (non-hydrogen) atoms. The standard InChI is InChI=1S/C15H16N2/c1-2-13-5-4-12(10-14(13)3-1)11-17-15-6-8-16-9-7-15/h4-10H,1-3,11H2,(H,16,17). The molecule has 0 fully saturated rings. The number of rotatable bonds is 3. The summed E-state index contributed by atoms with van der Waals surface area (Å²) in [5.74, 6) is 0. The first kappa shape index (κ1) is 10.3. The van der Waals surface area contributed by atoms with E-state index >= 15 is 0 Å². The summed E-state index contributed by atoms with van der Waals surface area (Å²) >= 11 is 0. The van der Waals surface area contributed by atoms with Crippen molar-refractivity contribution in [3.63, 3.8) is 0 Å². The van der Waals surface area contributed by atoms with Crippen LogP contribution in [0.15, 0.2) is 42.7 Å². The highest BCUT2D eigenvalue weighted by molar-refractivity contribution is 5.43. The van der Waals surface area contributed by atoms with Gasteiger partial charge in [0.2, 0.25) is 0 Å². The minimum Gasteiger partial charge on any atom is -0.381 e. The van der Waals surface area contributed by atoms with Crippen molar-refractivity contribution in [3.05, 3.63) is 59.4 Å². The van der Waals surface area contributed by atoms with Gasteiger partial charge in [0.05, 0.1) is 0 Å². The summed E-state index contributed by atoms with van der Waals surface area (Å²) in [4.78, 5) is 4.01. The van der Waals surface area contributed by atoms with Gasteiger partial charge in [-0.25, -0.2) is 0 Å². The van der Waals surface area contributed by atoms with Gasteiger partial charge in [-0.3, -0.25) is 4.98 Å². The third-order valence-corrected chi connectivity index (χ3v) is 3.34. The van der Waals surface area contributed by atoms with E-state index in [1.54, 1.807) is 5.56 Å². The summed E-state index contributed by atoms with van der Waals surface area (Å²) in [5, 5.41) is 3.41. The Kier molecular flexibility index (Phi) is 2.78. The molecule has 2 aromatic rings. The molecule has 1 aromatic heterocycles. The van der Waals surface area contributed by atoms with Gasteiger partial charge in [-0.2, -0.15) is 0 Å². The van der Waals surface area contributed by atoms with Crippen LogP contribution in [-0.2, 0) is 19.4 Å². The molecule has 0 bridgehead atoms. The number of hydrogen-bond donors (Lipinski definition) is 1. The third-order valence-electron chi connectivity index (χ3n) is 3.34. The molecule has 2 heteroatoms. The van der Waals surface area contributed by atoms with Crippen molar-refractivity contribution in [2.45, 2.75) is 25.8 Å². The summed E-state index contributed by atoms with van der Waals surface area (Å²) in [5.41, 5.74) is 5.57. The average molecular weight is 224 g/mol. The Morgan fingerprint density at radius 1 is 1.00 bits per heavy atom. The number of hydrogen-bond acceptors (Lipinski definition) is 2. The van der Waals surface area contributed by atoms with Crippen molar-refractivity contribution >= 4 is 5.69 Å². The molecule has 1 heterocycles. The summed E-state index contributed by atoms with van der Waals surface area (Å²) in [6, 6.07) is 10.8. The van der Waals surface area contributed by atoms with Crippen molar-refractivity contribution in [1.82, 2.24) is 4.98 Å². The number of aryl methyl sites for hydroxylation is 2. The summed E-state index contributed by atoms with van der Waals surface area (Å²) in [6.07, 6.45) is 7.44. The molecule has 0 saturated heterocycles. The molecule has 86 valence electrons. The van der Waals surface area contributed by atoms with Crippen LogP contribution in [-0.4, -0.2) is 4.98 Å². The largest absolute Gasteiger partial charge is 0.381 e. The Labute approximate surface area is 102 Å². The third kappa shape index (κ3) is 2.31. The van der Waals surface area contributed by atoms with Gasteiger partial charge < -0.3 is 5.32 Å². The molecule has 1 N–H and O–H groups in total. The van der Waals surface area contributed by atoms with Gasteiger partial charge in [0.25, 0.3) is 0 Å². The summed E-state index contributed by atoms with van der Waals surface area (Å²) in [6.45, 7) is 0.886. The Balaban J connectivity index is 1.70. The van der Waals surface area contributed by atoms with E-state index in [9.17, 15) is 0 Å². The number of pyridine rings is 1. The highest BCUT2D eigenvalue weighted by atomic mass is 14.9. The zero-order valence-corrected chi connectivity index (χ0v) is 9.82. The minimum absolute atomic E-state index is 0.886. The van der Waals surface area contributed by atoms with Gasteiger partial charge in [0.15, 0.2) is 0 Å². The fourth-order valence-electron chi connectivity index (χ4n) is 2.41. The van der Waals surface area contributed by atoms with E-state index in [-0.39, 0.29) is 0 Å². The molecule has 0 atom stereocenters. The number of anilines is 1. The first-order valence-corrected chi connectivity index (χ1v) is 6.16. The normalized spacial score (nSPS) is 13.4. The van der Waals surface area contributed by atoms with Gasteiger partial charge in [-0.15, -0.1) is 0 Å². The Bertz CT molecular complexity index is 506. The van der Waals surface area contributed by atoms with Crippen LogP contribution in [0.3, 0.4) is 0 Å². The molecule has 3 rings (SSSR count). The SMILES string of the molecule is c1cc(NCc2ccc3c(c2)CCC3)ccn1. The average Bonchev–Trinajstić information content (AvgIpc) is 2.85. The molecule has 0 amide bonds. The van der Waals surface area contributed by atoms with Crippen LogP contribution in [0.1, 0.15) is 23.1 Å². The number of nitrogens with one attached hydrogen (secondary N) is 1. The number of benzene rings is 1. The molecule has 2 nitrogen and oxygen atoms in total. The molecular weight excluding hydrogens is 208 g/mol. The van der Waals surface area contributed by atoms with E-state index in [0.717, 1.165) is 12.2 Å². The van der Waals surface area contributed by atoms with Crippen LogP contribution < -0.4 is 5.32 Å². The number of fused-ring (bicyclic) bond motifs is 1. The van der Waals surface area contributed by atoms with Crippen LogP contribution in [0.2, 0.25) is 0 Å². The smallest absolute Gasteiger partial charge is 0.0400 e. The van der Waals surface area contributed by atoms with Crippen LogP contribution >= 0.6 is 0 Å². The molecular formula is C15H16N2. The van der Waals surface area contributed by atoms with Crippen molar-refractivity contribution in [1.29, 1.82) is 0 Å². The maximum atomic E-state index is 4.01. The predicted octanol–water partition coefficient (Wildman–Crippen LogP) is 3.18. The zero-order chi connectivity index (χ0) is 11.5. The molecule has 0 spiro atoms. The quantitative estimate of drug-likeness (QED) is 0.866. The van der Waals surface area contributed by atoms with Gasteiger partial charge in [0.1, 0.15) is 0 Å². The van der Waals surface area contributed by atoms with E-state index in [0.29, 0.717) is 0 Å². The predicted molar refractivity (Wildman–Crippen MR) is 70.0 cm³/mol. The highest BCUT2D eigenvalue weighted by Crippen LogP contribution is 2.23. The fraction of sp³-hybridized carbons (Fsp3) is 0.267. The van der Waals surface area contributed by atoms with Crippen LogP contribution in [0.4, 0.5) is 5.69 Å². The Morgan fingerprint density at radius 2 is 1.82 bits per heavy atom. The lowest BCUT2D eigenvalue weighted by atomic mass is 10.1. The zero-order valence-electron chi connectivity index (χ0n) is 9.82. The summed E-state index contributed by atoms with van der Waals surface area (Å²) < 4.78 is 0. The lowest BCUT2D eigenvalue weighted by Crippen LogP contribution is -2.00. The van der Waals surface area contributed by atoms with Crippen molar-refractivity contribution < 1.29 is 0 Å². The second kappa shape index (κ2) is 4.58. The summed E-state index contributed by atoms with van der Waals surface area (Å²) in [7, 11) is 0. The Morgan fingerprint density at radius 3 is 2.71 bits per heavy atom. The van der Waals surface area contributed by atoms with Crippen molar-refractivity contribution in [2.75, 3.05) is 5.32 Å². The highest BCUT2D eigenvalue weighted by Gasteiger charge is 2.10. The molecule has 1 aliphatic rings. The van der Waals surface area contributed by atoms with Gasteiger partial charge >= 0.3 is 0 Å². The lowest BCUT2D eigenvalue weighted by Gasteiger charge is -2.08. The van der Waals surface area contributed by atoms with E-state index < -0.39 is 0 Å². The molecule has 1 aromatic carbocycles. The van der Waals surface area contributed by atoms with E-state index in [2.05, 4.69) is 28.5 Å². The molecule has 0 aliphatic heterocycles. The second-order valence-corrected chi connectivity index (χ2v) is 4.55. The monoisotopic (exact) mass is 224 g/mol. The molecule has 1 aliphatic carbocycles. The Hall–Kier alpha value is -1.83. The van der Waals surface area contributed by atoms with Crippen LogP contribution in [0, 0.1) is 0 Å². The fourth-order valence-corrected chi connectivity index (χ4v) is 2.41. The van der Waals surface area contributed by atoms with Gasteiger partial charge in [-0.1, -0.05) is 18.2 Å². The topological polar surface area (TPSA) is 24.9 Å². The maximum Gasteiger partial charge on any atom is 0.0400 e. The lowest BCUT2D eigenvalue weighted by molar-refractivity contribution is 0.911. The van der Waals surface area contributed by atoms with E-state index in [1.165, 1.54) is 30.4 Å². The minimum atomic E-state index is 0.886. The first-order chi connectivity index (χ1) is 8.42. The van der Waals surface area contributed by atoms with Crippen molar-refractivity contribution in [3.8, 4) is 0 Å². The van der Waals surface area contributed by atoms with E-state index in [1.807, 2.05) is 24.5 Å². The van der Waals surface area contributed by atoms with Crippen molar-refractivity contribution in [2.24, 2.45) is 0 Å². The molecule has 0 radical (unpaired) electrons. The van der Waals surface area contributed by atoms with Crippen LogP contribution in [0.25, 0.3) is 0 Å². The van der Waals surface area contributed by atoms with Crippen LogP contribution in [0.5, 0.6) is 0 Å². The molecule has 0 unspecified atom stereocenters. The first-order valence-electron chi connectivity index (χ1n) is 6.16.